The van der Waals surface area contributed by atoms with E-state index in [0.717, 1.165) is 9.87 Å². The van der Waals surface area contributed by atoms with Crippen LogP contribution in [0.3, 0.4) is 0 Å². The van der Waals surface area contributed by atoms with Crippen LogP contribution in [0.1, 0.15) is 12.5 Å². The molecule has 0 unspecified atom stereocenters. The first kappa shape index (κ1) is 14.9. The Hall–Kier alpha value is -1.11. The van der Waals surface area contributed by atoms with Crippen molar-refractivity contribution in [1.82, 2.24) is 4.31 Å². The third-order valence-electron chi connectivity index (χ3n) is 2.57. The second kappa shape index (κ2) is 6.17. The van der Waals surface area contributed by atoms with E-state index in [1.165, 1.54) is 13.1 Å². The monoisotopic (exact) mass is 273 g/mol. The number of aliphatic hydroxyl groups excluding tert-OH is 1. The average Bonchev–Trinajstić information content (AvgIpc) is 2.32. The number of hydrogen-bond acceptors (Lipinski definition) is 4. The van der Waals surface area contributed by atoms with Gasteiger partial charge in [-0.3, -0.25) is 0 Å². The first-order valence-corrected chi connectivity index (χ1v) is 7.18. The average molecular weight is 273 g/mol. The Morgan fingerprint density at radius 1 is 1.39 bits per heavy atom. The van der Waals surface area contributed by atoms with E-state index in [-0.39, 0.29) is 18.0 Å². The Bertz CT molecular complexity index is 499. The number of aryl methyl sites for hydroxylation is 1. The van der Waals surface area contributed by atoms with Crippen LogP contribution in [-0.2, 0) is 10.0 Å². The summed E-state index contributed by atoms with van der Waals surface area (Å²) in [6.45, 7) is 4.09. The van der Waals surface area contributed by atoms with Gasteiger partial charge < -0.3 is 9.84 Å². The van der Waals surface area contributed by atoms with Gasteiger partial charge in [0.1, 0.15) is 5.75 Å². The summed E-state index contributed by atoms with van der Waals surface area (Å²) in [5, 5.41) is 8.79. The van der Waals surface area contributed by atoms with Crippen molar-refractivity contribution >= 4 is 10.0 Å². The zero-order chi connectivity index (χ0) is 13.8. The Balaban J connectivity index is 3.07. The highest BCUT2D eigenvalue weighted by Crippen LogP contribution is 2.23. The summed E-state index contributed by atoms with van der Waals surface area (Å²) in [7, 11) is -2.10. The van der Waals surface area contributed by atoms with Gasteiger partial charge in [0.2, 0.25) is 10.0 Å². The van der Waals surface area contributed by atoms with Crippen molar-refractivity contribution in [2.24, 2.45) is 0 Å². The lowest BCUT2D eigenvalue weighted by molar-refractivity contribution is 0.266. The molecule has 102 valence electrons. The molecule has 1 rings (SSSR count). The van der Waals surface area contributed by atoms with Gasteiger partial charge in [-0.2, -0.15) is 4.31 Å². The molecular formula is C12H19NO4S. The third kappa shape index (κ3) is 3.22. The zero-order valence-electron chi connectivity index (χ0n) is 10.9. The van der Waals surface area contributed by atoms with Crippen molar-refractivity contribution in [2.75, 3.05) is 26.8 Å². The van der Waals surface area contributed by atoms with Gasteiger partial charge in [-0.1, -0.05) is 0 Å². The Labute approximate surface area is 108 Å². The van der Waals surface area contributed by atoms with E-state index in [1.54, 1.807) is 19.1 Å². The van der Waals surface area contributed by atoms with E-state index in [1.807, 2.05) is 6.92 Å². The molecule has 6 heteroatoms. The molecule has 1 aromatic rings. The second-order valence-corrected chi connectivity index (χ2v) is 5.96. The van der Waals surface area contributed by atoms with Crippen molar-refractivity contribution in [3.05, 3.63) is 23.8 Å². The van der Waals surface area contributed by atoms with Crippen LogP contribution in [0.2, 0.25) is 0 Å². The van der Waals surface area contributed by atoms with Gasteiger partial charge in [0.25, 0.3) is 0 Å². The fraction of sp³-hybridized carbons (Fsp3) is 0.500. The lowest BCUT2D eigenvalue weighted by Gasteiger charge is -2.17. The van der Waals surface area contributed by atoms with Gasteiger partial charge >= 0.3 is 0 Å². The molecule has 1 N–H and O–H groups in total. The minimum atomic E-state index is -3.54. The number of likely N-dealkylation sites (N-methyl/N-ethyl adjacent to an activating group) is 1. The van der Waals surface area contributed by atoms with Crippen molar-refractivity contribution < 1.29 is 18.3 Å². The molecule has 0 aliphatic carbocycles. The van der Waals surface area contributed by atoms with Crippen LogP contribution < -0.4 is 4.74 Å². The summed E-state index contributed by atoms with van der Waals surface area (Å²) in [5.74, 6) is 0.682. The molecule has 0 radical (unpaired) electrons. The molecule has 0 atom stereocenters. The molecule has 0 saturated heterocycles. The van der Waals surface area contributed by atoms with Gasteiger partial charge in [-0.25, -0.2) is 8.42 Å². The van der Waals surface area contributed by atoms with Crippen LogP contribution in [-0.4, -0.2) is 44.6 Å². The highest BCUT2D eigenvalue weighted by Gasteiger charge is 2.20. The van der Waals surface area contributed by atoms with Crippen molar-refractivity contribution in [1.29, 1.82) is 0 Å². The summed E-state index contributed by atoms with van der Waals surface area (Å²) >= 11 is 0. The summed E-state index contributed by atoms with van der Waals surface area (Å²) < 4.78 is 30.7. The summed E-state index contributed by atoms with van der Waals surface area (Å²) in [6.07, 6.45) is 0. The Morgan fingerprint density at radius 2 is 2.06 bits per heavy atom. The molecule has 0 aliphatic rings. The van der Waals surface area contributed by atoms with Crippen LogP contribution in [0.5, 0.6) is 5.75 Å². The normalized spacial score (nSPS) is 11.8. The van der Waals surface area contributed by atoms with Crippen molar-refractivity contribution in [3.8, 4) is 5.75 Å². The van der Waals surface area contributed by atoms with Gasteiger partial charge in [-0.05, 0) is 37.6 Å². The van der Waals surface area contributed by atoms with E-state index in [4.69, 9.17) is 9.84 Å². The predicted molar refractivity (Wildman–Crippen MR) is 69.2 cm³/mol. The molecule has 0 aliphatic heterocycles. The summed E-state index contributed by atoms with van der Waals surface area (Å²) in [5.41, 5.74) is 0.773. The van der Waals surface area contributed by atoms with Gasteiger partial charge in [0.15, 0.2) is 0 Å². The molecule has 0 bridgehead atoms. The highest BCUT2D eigenvalue weighted by molar-refractivity contribution is 7.89. The van der Waals surface area contributed by atoms with E-state index in [2.05, 4.69) is 0 Å². The van der Waals surface area contributed by atoms with Crippen LogP contribution in [0, 0.1) is 6.92 Å². The molecule has 5 nitrogen and oxygen atoms in total. The molecule has 0 heterocycles. The van der Waals surface area contributed by atoms with Crippen LogP contribution >= 0.6 is 0 Å². The van der Waals surface area contributed by atoms with E-state index >= 15 is 0 Å². The molecule has 0 amide bonds. The van der Waals surface area contributed by atoms with Crippen LogP contribution in [0.15, 0.2) is 23.1 Å². The number of sulfonamides is 1. The topological polar surface area (TPSA) is 66.8 Å². The molecule has 0 aromatic heterocycles. The van der Waals surface area contributed by atoms with Crippen LogP contribution in [0.25, 0.3) is 0 Å². The smallest absolute Gasteiger partial charge is 0.242 e. The first-order valence-electron chi connectivity index (χ1n) is 5.74. The lowest BCUT2D eigenvalue weighted by atomic mass is 10.2. The maximum absolute atomic E-state index is 12.1. The first-order chi connectivity index (χ1) is 8.43. The zero-order valence-corrected chi connectivity index (χ0v) is 11.7. The fourth-order valence-electron chi connectivity index (χ4n) is 1.54. The number of aliphatic hydroxyl groups is 1. The van der Waals surface area contributed by atoms with Crippen molar-refractivity contribution in [2.45, 2.75) is 18.7 Å². The fourth-order valence-corrected chi connectivity index (χ4v) is 2.79. The lowest BCUT2D eigenvalue weighted by Crippen LogP contribution is -2.29. The quantitative estimate of drug-likeness (QED) is 0.840. The van der Waals surface area contributed by atoms with Crippen molar-refractivity contribution in [3.63, 3.8) is 0 Å². The number of nitrogens with zero attached hydrogens (tertiary/aromatic N) is 1. The largest absolute Gasteiger partial charge is 0.494 e. The molecule has 0 spiro atoms. The summed E-state index contributed by atoms with van der Waals surface area (Å²) in [4.78, 5) is 0.208. The number of hydrogen-bond donors (Lipinski definition) is 1. The molecular weight excluding hydrogens is 254 g/mol. The minimum absolute atomic E-state index is 0.0780. The SMILES string of the molecule is CCOc1ccc(S(=O)(=O)N(C)CCO)cc1C. The molecule has 0 saturated carbocycles. The molecule has 1 aromatic carbocycles. The summed E-state index contributed by atoms with van der Waals surface area (Å²) in [6, 6.07) is 4.74. The minimum Gasteiger partial charge on any atom is -0.494 e. The predicted octanol–water partition coefficient (Wildman–Crippen LogP) is 1.01. The van der Waals surface area contributed by atoms with E-state index in [9.17, 15) is 8.42 Å². The maximum Gasteiger partial charge on any atom is 0.242 e. The maximum atomic E-state index is 12.1. The van der Waals surface area contributed by atoms with Gasteiger partial charge in [0, 0.05) is 13.6 Å². The van der Waals surface area contributed by atoms with Crippen LogP contribution in [0.4, 0.5) is 0 Å². The number of rotatable bonds is 6. The Morgan fingerprint density at radius 3 is 2.56 bits per heavy atom. The molecule has 0 fully saturated rings. The van der Waals surface area contributed by atoms with E-state index in [0.29, 0.717) is 12.4 Å². The van der Waals surface area contributed by atoms with E-state index < -0.39 is 10.0 Å². The number of ether oxygens (including phenoxy) is 1. The highest BCUT2D eigenvalue weighted by atomic mass is 32.2. The third-order valence-corrected chi connectivity index (χ3v) is 4.42. The number of benzene rings is 1. The Kier molecular flexibility index (Phi) is 5.13. The van der Waals surface area contributed by atoms with Gasteiger partial charge in [-0.15, -0.1) is 0 Å². The standard InChI is InChI=1S/C12H19NO4S/c1-4-17-12-6-5-11(9-10(12)2)18(15,16)13(3)7-8-14/h5-6,9,14H,4,7-8H2,1-3H3. The second-order valence-electron chi connectivity index (χ2n) is 3.91. The van der Waals surface area contributed by atoms with Gasteiger partial charge in [0.05, 0.1) is 18.1 Å². The molecule has 18 heavy (non-hydrogen) atoms.